The summed E-state index contributed by atoms with van der Waals surface area (Å²) in [5.41, 5.74) is -2.42. The van der Waals surface area contributed by atoms with Gasteiger partial charge in [0.2, 0.25) is 0 Å². The van der Waals surface area contributed by atoms with Crippen molar-refractivity contribution in [1.82, 2.24) is 0 Å². The van der Waals surface area contributed by atoms with Gasteiger partial charge in [-0.15, -0.1) is 0 Å². The second kappa shape index (κ2) is 33.4. The molecule has 0 rings (SSSR count). The van der Waals surface area contributed by atoms with E-state index < -0.39 is 28.2 Å². The summed E-state index contributed by atoms with van der Waals surface area (Å²) in [6, 6.07) is 0. The Labute approximate surface area is 252 Å². The van der Waals surface area contributed by atoms with Gasteiger partial charge in [0.05, 0.1) is 30.8 Å². The Hall–Kier alpha value is 0.460. The first-order valence-corrected chi connectivity index (χ1v) is 18.2. The molecule has 252 valence electrons. The zero-order valence-electron chi connectivity index (χ0n) is 26.0. The van der Waals surface area contributed by atoms with Gasteiger partial charge >= 0.3 is 17.2 Å². The predicted octanol–water partition coefficient (Wildman–Crippen LogP) is 5.68. The molecule has 0 bridgehead atoms. The van der Waals surface area contributed by atoms with Crippen LogP contribution in [0.1, 0.15) is 155 Å². The second-order valence-corrected chi connectivity index (χ2v) is 12.3. The van der Waals surface area contributed by atoms with Gasteiger partial charge in [-0.25, -0.2) is 0 Å². The quantitative estimate of drug-likeness (QED) is 0.0415. The van der Waals surface area contributed by atoms with Gasteiger partial charge in [-0.1, -0.05) is 142 Å². The molecule has 0 atom stereocenters. The third-order valence-electron chi connectivity index (χ3n) is 7.78. The molecular formula is C29H66O10P2. The van der Waals surface area contributed by atoms with Crippen LogP contribution in [0.25, 0.3) is 0 Å². The molecule has 0 aliphatic rings. The molecule has 10 nitrogen and oxygen atoms in total. The Kier molecular flexibility index (Phi) is 37.3. The molecule has 12 heteroatoms. The molecule has 0 aromatic rings. The average molecular weight is 637 g/mol. The van der Waals surface area contributed by atoms with Crippen molar-refractivity contribution in [3.05, 3.63) is 0 Å². The maximum Gasteiger partial charge on any atom is 0.324 e. The van der Waals surface area contributed by atoms with Crippen molar-refractivity contribution in [2.24, 2.45) is 5.41 Å². The molecule has 0 spiro atoms. The predicted molar refractivity (Wildman–Crippen MR) is 169 cm³/mol. The molecule has 0 radical (unpaired) electrons. The molecule has 41 heavy (non-hydrogen) atoms. The maximum absolute atomic E-state index is 11.5. The zero-order valence-corrected chi connectivity index (χ0v) is 27.8. The average Bonchev–Trinajstić information content (AvgIpc) is 2.91. The summed E-state index contributed by atoms with van der Waals surface area (Å²) in [4.78, 5) is 43.4. The third kappa shape index (κ3) is 30.3. The van der Waals surface area contributed by atoms with E-state index in [-0.39, 0.29) is 19.8 Å². The number of rotatable bonds is 26. The van der Waals surface area contributed by atoms with Crippen molar-refractivity contribution < 1.29 is 49.8 Å². The molecule has 0 aromatic heterocycles. The van der Waals surface area contributed by atoms with Crippen LogP contribution in [0.5, 0.6) is 0 Å². The summed E-state index contributed by atoms with van der Waals surface area (Å²) in [6.07, 6.45) is 25.7. The van der Waals surface area contributed by atoms with E-state index >= 15 is 0 Å². The molecular weight excluding hydrogens is 570 g/mol. The van der Waals surface area contributed by atoms with E-state index in [4.69, 9.17) is 29.4 Å². The van der Waals surface area contributed by atoms with Crippen molar-refractivity contribution in [2.75, 3.05) is 19.8 Å². The summed E-state index contributed by atoms with van der Waals surface area (Å²) in [5, 5.41) is 41.4. The fourth-order valence-electron chi connectivity index (χ4n) is 5.06. The van der Waals surface area contributed by atoms with E-state index in [1.54, 1.807) is 0 Å². The van der Waals surface area contributed by atoms with E-state index in [9.17, 15) is 20.4 Å². The van der Waals surface area contributed by atoms with Gasteiger partial charge in [0, 0.05) is 0 Å². The highest BCUT2D eigenvalue weighted by molar-refractivity contribution is 7.38. The van der Waals surface area contributed by atoms with Crippen molar-refractivity contribution in [2.45, 2.75) is 161 Å². The molecule has 0 fully saturated rings. The fourth-order valence-corrected chi connectivity index (χ4v) is 5.06. The topological polar surface area (TPSA) is 202 Å². The number of hydrogen-bond donors (Lipinski definition) is 10. The maximum atomic E-state index is 11.5. The molecule has 0 aromatic carbocycles. The Balaban J connectivity index is -0.00000158. The highest BCUT2D eigenvalue weighted by Crippen LogP contribution is 2.39. The molecule has 0 unspecified atom stereocenters. The van der Waals surface area contributed by atoms with Crippen molar-refractivity contribution in [1.29, 1.82) is 0 Å². The monoisotopic (exact) mass is 636 g/mol. The Bertz CT molecular complexity index is 454. The van der Waals surface area contributed by atoms with Crippen LogP contribution in [-0.4, -0.2) is 75.2 Å². The Morgan fingerprint density at radius 2 is 0.585 bits per heavy atom. The van der Waals surface area contributed by atoms with Gasteiger partial charge in [-0.3, -0.25) is 0 Å². The molecule has 0 amide bonds. The van der Waals surface area contributed by atoms with Gasteiger partial charge in [0.1, 0.15) is 0 Å². The van der Waals surface area contributed by atoms with Gasteiger partial charge < -0.3 is 49.8 Å². The minimum Gasteiger partial charge on any atom is -0.395 e. The largest absolute Gasteiger partial charge is 0.395 e. The Morgan fingerprint density at radius 3 is 0.780 bits per heavy atom. The summed E-state index contributed by atoms with van der Waals surface area (Å²) in [5.74, 6) is 0. The van der Waals surface area contributed by atoms with Crippen LogP contribution in [0.3, 0.4) is 0 Å². The number of aliphatic hydroxyl groups excluding tert-OH is 3. The third-order valence-corrected chi connectivity index (χ3v) is 7.78. The highest BCUT2D eigenvalue weighted by Gasteiger charge is 2.48. The van der Waals surface area contributed by atoms with E-state index in [1.807, 2.05) is 0 Å². The van der Waals surface area contributed by atoms with Gasteiger partial charge in [0.15, 0.2) is 0 Å². The van der Waals surface area contributed by atoms with Crippen molar-refractivity contribution >= 4 is 17.2 Å². The summed E-state index contributed by atoms with van der Waals surface area (Å²) < 4.78 is 0. The normalized spacial score (nSPS) is 11.9. The SMILES string of the molecule is CCCCCCCCCCCCC(O)(CCCCCCCCCCCC)C(CO)(CO)CO.OP(O)O.OP(O)O. The first kappa shape index (κ1) is 45.9. The smallest absolute Gasteiger partial charge is 0.324 e. The molecule has 0 heterocycles. The fraction of sp³-hybridized carbons (Fsp3) is 1.00. The molecule has 0 saturated carbocycles. The van der Waals surface area contributed by atoms with Crippen LogP contribution in [0.4, 0.5) is 0 Å². The van der Waals surface area contributed by atoms with E-state index in [0.717, 1.165) is 25.7 Å². The first-order chi connectivity index (χ1) is 19.5. The minimum absolute atomic E-state index is 0.383. The second-order valence-electron chi connectivity index (χ2n) is 11.2. The standard InChI is InChI=1S/C29H60O4.2H3O3P/c1-3-5-7-9-11-13-15-17-19-21-23-29(33,28(25-30,26-31)27-32)24-22-20-18-16-14-12-10-8-6-4-2;2*1-4(2)3/h30-33H,3-27H2,1-2H3;2*1-3H. The summed E-state index contributed by atoms with van der Waals surface area (Å²) in [7, 11) is -5.24. The van der Waals surface area contributed by atoms with Gasteiger partial charge in [-0.2, -0.15) is 0 Å². The van der Waals surface area contributed by atoms with Gasteiger partial charge in [-0.05, 0) is 12.8 Å². The van der Waals surface area contributed by atoms with Crippen molar-refractivity contribution in [3.63, 3.8) is 0 Å². The van der Waals surface area contributed by atoms with Crippen LogP contribution in [0, 0.1) is 5.41 Å². The van der Waals surface area contributed by atoms with Crippen molar-refractivity contribution in [3.8, 4) is 0 Å². The Morgan fingerprint density at radius 1 is 0.390 bits per heavy atom. The van der Waals surface area contributed by atoms with E-state index in [1.165, 1.54) is 103 Å². The first-order valence-electron chi connectivity index (χ1n) is 15.8. The van der Waals surface area contributed by atoms with Gasteiger partial charge in [0.25, 0.3) is 0 Å². The number of unbranched alkanes of at least 4 members (excludes halogenated alkanes) is 18. The molecule has 0 aliphatic heterocycles. The summed E-state index contributed by atoms with van der Waals surface area (Å²) >= 11 is 0. The molecule has 10 N–H and O–H groups in total. The van der Waals surface area contributed by atoms with Crippen LogP contribution < -0.4 is 0 Å². The zero-order chi connectivity index (χ0) is 31.8. The lowest BCUT2D eigenvalue weighted by atomic mass is 9.68. The molecule has 0 aliphatic carbocycles. The minimum atomic E-state index is -2.62. The van der Waals surface area contributed by atoms with E-state index in [2.05, 4.69) is 13.8 Å². The van der Waals surface area contributed by atoms with Crippen LogP contribution >= 0.6 is 17.2 Å². The van der Waals surface area contributed by atoms with Crippen LogP contribution in [-0.2, 0) is 0 Å². The van der Waals surface area contributed by atoms with E-state index in [0.29, 0.717) is 12.8 Å². The number of hydrogen-bond acceptors (Lipinski definition) is 10. The summed E-state index contributed by atoms with van der Waals surface area (Å²) in [6.45, 7) is 3.34. The highest BCUT2D eigenvalue weighted by atomic mass is 31.2. The van der Waals surface area contributed by atoms with Crippen LogP contribution in [0.15, 0.2) is 0 Å². The lowest BCUT2D eigenvalue weighted by Crippen LogP contribution is -2.55. The number of aliphatic hydroxyl groups is 4. The van der Waals surface area contributed by atoms with Crippen LogP contribution in [0.2, 0.25) is 0 Å². The lowest BCUT2D eigenvalue weighted by Gasteiger charge is -2.44. The molecule has 0 saturated heterocycles. The lowest BCUT2D eigenvalue weighted by molar-refractivity contribution is -0.162.